The van der Waals surface area contributed by atoms with Crippen LogP contribution >= 0.6 is 0 Å². The lowest BCUT2D eigenvalue weighted by molar-refractivity contribution is -0.118. The number of hydrogen-bond acceptors (Lipinski definition) is 3. The second-order valence-electron chi connectivity index (χ2n) is 5.98. The Kier molecular flexibility index (Phi) is 5.76. The van der Waals surface area contributed by atoms with Crippen LogP contribution in [0.4, 0.5) is 5.69 Å². The van der Waals surface area contributed by atoms with Gasteiger partial charge in [-0.25, -0.2) is 0 Å². The summed E-state index contributed by atoms with van der Waals surface area (Å²) in [5.41, 5.74) is 3.20. The molecule has 0 bridgehead atoms. The van der Waals surface area contributed by atoms with E-state index in [2.05, 4.69) is 18.3 Å². The first-order valence-corrected chi connectivity index (χ1v) is 7.61. The Morgan fingerprint density at radius 1 is 1.38 bits per heavy atom. The van der Waals surface area contributed by atoms with Gasteiger partial charge in [0, 0.05) is 12.1 Å². The predicted octanol–water partition coefficient (Wildman–Crippen LogP) is 3.07. The van der Waals surface area contributed by atoms with Gasteiger partial charge in [0.25, 0.3) is 0 Å². The maximum atomic E-state index is 12.1. The van der Waals surface area contributed by atoms with Crippen LogP contribution in [-0.2, 0) is 14.3 Å². The van der Waals surface area contributed by atoms with Gasteiger partial charge in [0.15, 0.2) is 0 Å². The van der Waals surface area contributed by atoms with Crippen LogP contribution in [0, 0.1) is 19.8 Å². The number of aryl methyl sites for hydroxylation is 2. The first-order chi connectivity index (χ1) is 10.0. The van der Waals surface area contributed by atoms with Gasteiger partial charge in [0.2, 0.25) is 5.91 Å². The Morgan fingerprint density at radius 3 is 2.86 bits per heavy atom. The molecule has 1 aliphatic rings. The van der Waals surface area contributed by atoms with Crippen molar-refractivity contribution >= 4 is 11.6 Å². The van der Waals surface area contributed by atoms with Crippen molar-refractivity contribution in [1.29, 1.82) is 0 Å². The van der Waals surface area contributed by atoms with Crippen LogP contribution in [0.1, 0.15) is 30.9 Å². The smallest absolute Gasteiger partial charge is 0.224 e. The van der Waals surface area contributed by atoms with Crippen molar-refractivity contribution in [2.75, 3.05) is 25.1 Å². The van der Waals surface area contributed by atoms with E-state index in [1.54, 1.807) is 0 Å². The van der Waals surface area contributed by atoms with Crippen LogP contribution in [0.2, 0.25) is 0 Å². The number of rotatable bonds is 5. The average molecular weight is 291 g/mol. The van der Waals surface area contributed by atoms with Crippen molar-refractivity contribution in [2.45, 2.75) is 39.7 Å². The van der Waals surface area contributed by atoms with E-state index in [4.69, 9.17) is 9.47 Å². The van der Waals surface area contributed by atoms with Crippen LogP contribution in [0.25, 0.3) is 0 Å². The number of amides is 1. The minimum atomic E-state index is 0.0613. The van der Waals surface area contributed by atoms with Crippen molar-refractivity contribution in [3.05, 3.63) is 29.3 Å². The van der Waals surface area contributed by atoms with Crippen molar-refractivity contribution in [2.24, 2.45) is 5.92 Å². The Balaban J connectivity index is 1.80. The van der Waals surface area contributed by atoms with Crippen LogP contribution in [0.3, 0.4) is 0 Å². The highest BCUT2D eigenvalue weighted by Gasteiger charge is 2.19. The molecule has 4 nitrogen and oxygen atoms in total. The zero-order valence-corrected chi connectivity index (χ0v) is 13.1. The molecule has 2 atom stereocenters. The molecular formula is C17H25NO3. The molecule has 1 saturated heterocycles. The highest BCUT2D eigenvalue weighted by atomic mass is 16.6. The van der Waals surface area contributed by atoms with E-state index in [-0.39, 0.29) is 17.9 Å². The van der Waals surface area contributed by atoms with E-state index in [1.807, 2.05) is 26.0 Å². The van der Waals surface area contributed by atoms with Crippen LogP contribution in [0.5, 0.6) is 0 Å². The van der Waals surface area contributed by atoms with Gasteiger partial charge in [0.05, 0.1) is 25.9 Å². The SMILES string of the molecule is Cc1ccc(NC(=O)C[C@@H](C)C[C@@H]2COCCO2)c(C)c1. The zero-order chi connectivity index (χ0) is 15.2. The molecule has 4 heteroatoms. The molecule has 0 unspecified atom stereocenters. The normalized spacial score (nSPS) is 20.0. The fraction of sp³-hybridized carbons (Fsp3) is 0.588. The molecule has 0 aliphatic carbocycles. The van der Waals surface area contributed by atoms with Crippen LogP contribution in [0.15, 0.2) is 18.2 Å². The molecule has 0 spiro atoms. The largest absolute Gasteiger partial charge is 0.376 e. The Hall–Kier alpha value is -1.39. The third-order valence-corrected chi connectivity index (χ3v) is 3.74. The summed E-state index contributed by atoms with van der Waals surface area (Å²) in [6, 6.07) is 6.05. The molecule has 1 aromatic rings. The monoisotopic (exact) mass is 291 g/mol. The topological polar surface area (TPSA) is 47.6 Å². The van der Waals surface area contributed by atoms with Crippen LogP contribution in [-0.4, -0.2) is 31.8 Å². The third kappa shape index (κ3) is 5.14. The number of carbonyl (C=O) groups excluding carboxylic acids is 1. The zero-order valence-electron chi connectivity index (χ0n) is 13.1. The molecule has 116 valence electrons. The molecule has 1 amide bonds. The van der Waals surface area contributed by atoms with E-state index < -0.39 is 0 Å². The maximum Gasteiger partial charge on any atom is 0.224 e. The van der Waals surface area contributed by atoms with E-state index in [0.717, 1.165) is 17.7 Å². The van der Waals surface area contributed by atoms with E-state index in [1.165, 1.54) is 5.56 Å². The molecule has 0 saturated carbocycles. The lowest BCUT2D eigenvalue weighted by Crippen LogP contribution is -2.30. The number of anilines is 1. The molecule has 1 N–H and O–H groups in total. The molecule has 1 aliphatic heterocycles. The third-order valence-electron chi connectivity index (χ3n) is 3.74. The summed E-state index contributed by atoms with van der Waals surface area (Å²) in [6.07, 6.45) is 1.50. The first kappa shape index (κ1) is 16.0. The highest BCUT2D eigenvalue weighted by molar-refractivity contribution is 5.91. The summed E-state index contributed by atoms with van der Waals surface area (Å²) < 4.78 is 11.0. The quantitative estimate of drug-likeness (QED) is 0.907. The first-order valence-electron chi connectivity index (χ1n) is 7.61. The minimum Gasteiger partial charge on any atom is -0.376 e. The van der Waals surface area contributed by atoms with Gasteiger partial charge in [0.1, 0.15) is 0 Å². The second-order valence-corrected chi connectivity index (χ2v) is 5.98. The Bertz CT molecular complexity index is 481. The van der Waals surface area contributed by atoms with E-state index in [9.17, 15) is 4.79 Å². The van der Waals surface area contributed by atoms with Gasteiger partial charge in [-0.1, -0.05) is 24.6 Å². The number of benzene rings is 1. The molecular weight excluding hydrogens is 266 g/mol. The maximum absolute atomic E-state index is 12.1. The van der Waals surface area contributed by atoms with E-state index >= 15 is 0 Å². The summed E-state index contributed by atoms with van der Waals surface area (Å²) in [4.78, 5) is 12.1. The predicted molar refractivity (Wildman–Crippen MR) is 83.5 cm³/mol. The van der Waals surface area contributed by atoms with Gasteiger partial charge in [-0.2, -0.15) is 0 Å². The van der Waals surface area contributed by atoms with Gasteiger partial charge in [-0.05, 0) is 37.8 Å². The summed E-state index contributed by atoms with van der Waals surface area (Å²) in [6.45, 7) is 8.12. The molecule has 21 heavy (non-hydrogen) atoms. The van der Waals surface area contributed by atoms with Crippen molar-refractivity contribution in [1.82, 2.24) is 0 Å². The lowest BCUT2D eigenvalue weighted by Gasteiger charge is -2.25. The van der Waals surface area contributed by atoms with Gasteiger partial charge < -0.3 is 14.8 Å². The van der Waals surface area contributed by atoms with Gasteiger partial charge in [-0.3, -0.25) is 4.79 Å². The van der Waals surface area contributed by atoms with Crippen LogP contribution < -0.4 is 5.32 Å². The summed E-state index contributed by atoms with van der Waals surface area (Å²) >= 11 is 0. The fourth-order valence-electron chi connectivity index (χ4n) is 2.68. The standard InChI is InChI=1S/C17H25NO3/c1-12-4-5-16(14(3)8-12)18-17(19)10-13(2)9-15-11-20-6-7-21-15/h4-5,8,13,15H,6-7,9-11H2,1-3H3,(H,18,19)/t13-,15+/m0/s1. The molecule has 1 fully saturated rings. The lowest BCUT2D eigenvalue weighted by atomic mass is 9.99. The summed E-state index contributed by atoms with van der Waals surface area (Å²) in [5.74, 6) is 0.341. The number of ether oxygens (including phenoxy) is 2. The van der Waals surface area contributed by atoms with Crippen molar-refractivity contribution in [3.8, 4) is 0 Å². The second kappa shape index (κ2) is 7.57. The number of hydrogen-bond donors (Lipinski definition) is 1. The average Bonchev–Trinajstić information content (AvgIpc) is 2.43. The molecule has 0 radical (unpaired) electrons. The molecule has 1 aromatic carbocycles. The highest BCUT2D eigenvalue weighted by Crippen LogP contribution is 2.19. The Morgan fingerprint density at radius 2 is 2.19 bits per heavy atom. The fourth-order valence-corrected chi connectivity index (χ4v) is 2.68. The molecule has 1 heterocycles. The van der Waals surface area contributed by atoms with Crippen molar-refractivity contribution < 1.29 is 14.3 Å². The van der Waals surface area contributed by atoms with Gasteiger partial charge >= 0.3 is 0 Å². The van der Waals surface area contributed by atoms with E-state index in [0.29, 0.717) is 26.2 Å². The number of nitrogens with one attached hydrogen (secondary N) is 1. The number of carbonyl (C=O) groups is 1. The minimum absolute atomic E-state index is 0.0613. The summed E-state index contributed by atoms with van der Waals surface area (Å²) in [5, 5.41) is 2.99. The molecule has 2 rings (SSSR count). The Labute approximate surface area is 126 Å². The molecule has 0 aromatic heterocycles. The van der Waals surface area contributed by atoms with Crippen molar-refractivity contribution in [3.63, 3.8) is 0 Å². The van der Waals surface area contributed by atoms with Gasteiger partial charge in [-0.15, -0.1) is 0 Å². The summed E-state index contributed by atoms with van der Waals surface area (Å²) in [7, 11) is 0.